The zero-order chi connectivity index (χ0) is 14.1. The van der Waals surface area contributed by atoms with Gasteiger partial charge >= 0.3 is 0 Å². The molecule has 2 N–H and O–H groups in total. The molecule has 0 saturated carbocycles. The van der Waals surface area contributed by atoms with Crippen molar-refractivity contribution in [2.24, 2.45) is 0 Å². The highest BCUT2D eigenvalue weighted by molar-refractivity contribution is 7.99. The van der Waals surface area contributed by atoms with Crippen LogP contribution in [0.5, 0.6) is 0 Å². The van der Waals surface area contributed by atoms with Crippen LogP contribution in [0.15, 0.2) is 11.0 Å². The summed E-state index contributed by atoms with van der Waals surface area (Å²) >= 11 is 7.77. The Morgan fingerprint density at radius 3 is 3.00 bits per heavy atom. The van der Waals surface area contributed by atoms with Crippen LogP contribution in [0.2, 0.25) is 5.02 Å². The van der Waals surface area contributed by atoms with Crippen molar-refractivity contribution in [3.63, 3.8) is 0 Å². The normalized spacial score (nSPS) is 10.7. The van der Waals surface area contributed by atoms with Crippen LogP contribution < -0.4 is 10.9 Å². The SMILES string of the molecule is CCCn1ncc(NCCSCCCO)c(Cl)c1=O. The molecule has 0 bridgehead atoms. The highest BCUT2D eigenvalue weighted by Crippen LogP contribution is 2.15. The van der Waals surface area contributed by atoms with Crippen molar-refractivity contribution in [3.05, 3.63) is 21.6 Å². The number of anilines is 1. The maximum Gasteiger partial charge on any atom is 0.287 e. The molecule has 0 spiro atoms. The first kappa shape index (κ1) is 16.3. The summed E-state index contributed by atoms with van der Waals surface area (Å²) in [5, 5.41) is 16.0. The molecular formula is C12H20ClN3O2S. The van der Waals surface area contributed by atoms with Crippen molar-refractivity contribution in [2.45, 2.75) is 26.3 Å². The van der Waals surface area contributed by atoms with Gasteiger partial charge in [0, 0.05) is 25.4 Å². The van der Waals surface area contributed by atoms with Gasteiger partial charge in [0.2, 0.25) is 0 Å². The highest BCUT2D eigenvalue weighted by Gasteiger charge is 2.08. The fourth-order valence-electron chi connectivity index (χ4n) is 1.49. The molecular weight excluding hydrogens is 286 g/mol. The number of hydrogen-bond donors (Lipinski definition) is 2. The van der Waals surface area contributed by atoms with Gasteiger partial charge in [0.05, 0.1) is 11.9 Å². The molecule has 0 atom stereocenters. The van der Waals surface area contributed by atoms with Crippen molar-refractivity contribution in [3.8, 4) is 0 Å². The summed E-state index contributed by atoms with van der Waals surface area (Å²) < 4.78 is 1.38. The van der Waals surface area contributed by atoms with Crippen LogP contribution in [0.1, 0.15) is 19.8 Å². The van der Waals surface area contributed by atoms with E-state index in [1.54, 1.807) is 18.0 Å². The van der Waals surface area contributed by atoms with E-state index < -0.39 is 0 Å². The lowest BCUT2D eigenvalue weighted by Crippen LogP contribution is -2.24. The van der Waals surface area contributed by atoms with Gasteiger partial charge in [0.1, 0.15) is 5.02 Å². The molecule has 1 aromatic heterocycles. The fourth-order valence-corrected chi connectivity index (χ4v) is 2.48. The molecule has 0 aromatic carbocycles. The van der Waals surface area contributed by atoms with Crippen LogP contribution in [0, 0.1) is 0 Å². The number of rotatable bonds is 9. The predicted molar refractivity (Wildman–Crippen MR) is 81.3 cm³/mol. The van der Waals surface area contributed by atoms with Gasteiger partial charge in [-0.1, -0.05) is 18.5 Å². The minimum atomic E-state index is -0.249. The molecule has 0 saturated heterocycles. The van der Waals surface area contributed by atoms with E-state index in [-0.39, 0.29) is 17.2 Å². The molecule has 0 unspecified atom stereocenters. The van der Waals surface area contributed by atoms with Gasteiger partial charge < -0.3 is 10.4 Å². The molecule has 108 valence electrons. The van der Waals surface area contributed by atoms with Gasteiger partial charge in [-0.05, 0) is 18.6 Å². The van der Waals surface area contributed by atoms with E-state index in [0.29, 0.717) is 18.8 Å². The van der Waals surface area contributed by atoms with Crippen LogP contribution >= 0.6 is 23.4 Å². The number of thioether (sulfide) groups is 1. The standard InChI is InChI=1S/C12H20ClN3O2S/c1-2-5-16-12(18)11(13)10(9-15-16)14-4-8-19-7-3-6-17/h9,14,17H,2-8H2,1H3. The molecule has 0 aliphatic rings. The third-order valence-corrected chi connectivity index (χ3v) is 3.86. The molecule has 0 radical (unpaired) electrons. The van der Waals surface area contributed by atoms with Crippen LogP contribution in [0.25, 0.3) is 0 Å². The second-order valence-corrected chi connectivity index (χ2v) is 5.62. The van der Waals surface area contributed by atoms with E-state index >= 15 is 0 Å². The number of aryl methyl sites for hydroxylation is 1. The number of halogens is 1. The summed E-state index contributed by atoms with van der Waals surface area (Å²) in [6, 6.07) is 0. The minimum absolute atomic E-state index is 0.198. The molecule has 1 heterocycles. The highest BCUT2D eigenvalue weighted by atomic mass is 35.5. The lowest BCUT2D eigenvalue weighted by atomic mass is 10.4. The number of hydrogen-bond acceptors (Lipinski definition) is 5. The molecule has 0 aliphatic heterocycles. The third-order valence-electron chi connectivity index (χ3n) is 2.43. The average molecular weight is 306 g/mol. The molecule has 1 rings (SSSR count). The summed E-state index contributed by atoms with van der Waals surface area (Å²) in [7, 11) is 0. The van der Waals surface area contributed by atoms with Crippen molar-refractivity contribution in [1.82, 2.24) is 9.78 Å². The minimum Gasteiger partial charge on any atom is -0.396 e. The fraction of sp³-hybridized carbons (Fsp3) is 0.667. The molecule has 7 heteroatoms. The molecule has 0 amide bonds. The van der Waals surface area contributed by atoms with Crippen molar-refractivity contribution >= 4 is 29.1 Å². The van der Waals surface area contributed by atoms with E-state index in [0.717, 1.165) is 24.3 Å². The van der Waals surface area contributed by atoms with Gasteiger partial charge in [0.15, 0.2) is 0 Å². The first-order chi connectivity index (χ1) is 9.20. The zero-order valence-electron chi connectivity index (χ0n) is 11.1. The zero-order valence-corrected chi connectivity index (χ0v) is 12.6. The Balaban J connectivity index is 2.46. The Morgan fingerprint density at radius 2 is 2.32 bits per heavy atom. The predicted octanol–water partition coefficient (Wildman–Crippen LogP) is 1.83. The van der Waals surface area contributed by atoms with Crippen LogP contribution in [0.4, 0.5) is 5.69 Å². The van der Waals surface area contributed by atoms with Gasteiger partial charge in [-0.2, -0.15) is 16.9 Å². The molecule has 0 aliphatic carbocycles. The number of nitrogens with one attached hydrogen (secondary N) is 1. The number of aliphatic hydroxyl groups is 1. The lowest BCUT2D eigenvalue weighted by molar-refractivity contribution is 0.296. The summed E-state index contributed by atoms with van der Waals surface area (Å²) in [5.41, 5.74) is 0.336. The van der Waals surface area contributed by atoms with Gasteiger partial charge in [-0.3, -0.25) is 4.79 Å². The first-order valence-electron chi connectivity index (χ1n) is 6.38. The van der Waals surface area contributed by atoms with E-state index in [2.05, 4.69) is 10.4 Å². The molecule has 5 nitrogen and oxygen atoms in total. The summed E-state index contributed by atoms with van der Waals surface area (Å²) in [5.74, 6) is 1.83. The van der Waals surface area contributed by atoms with Crippen LogP contribution in [0.3, 0.4) is 0 Å². The smallest absolute Gasteiger partial charge is 0.287 e. The summed E-state index contributed by atoms with van der Waals surface area (Å²) in [6.45, 7) is 3.51. The first-order valence-corrected chi connectivity index (χ1v) is 7.92. The van der Waals surface area contributed by atoms with Gasteiger partial charge in [-0.15, -0.1) is 0 Å². The van der Waals surface area contributed by atoms with Crippen molar-refractivity contribution < 1.29 is 5.11 Å². The Kier molecular flexibility index (Phi) is 7.93. The largest absolute Gasteiger partial charge is 0.396 e. The van der Waals surface area contributed by atoms with E-state index in [1.165, 1.54) is 4.68 Å². The van der Waals surface area contributed by atoms with E-state index in [9.17, 15) is 4.79 Å². The second-order valence-electron chi connectivity index (χ2n) is 4.02. The van der Waals surface area contributed by atoms with E-state index in [1.807, 2.05) is 6.92 Å². The molecule has 0 fully saturated rings. The topological polar surface area (TPSA) is 67.2 Å². The maximum absolute atomic E-state index is 11.8. The monoisotopic (exact) mass is 305 g/mol. The average Bonchev–Trinajstić information content (AvgIpc) is 2.41. The number of aromatic nitrogens is 2. The maximum atomic E-state index is 11.8. The van der Waals surface area contributed by atoms with E-state index in [4.69, 9.17) is 16.7 Å². The van der Waals surface area contributed by atoms with Crippen molar-refractivity contribution in [1.29, 1.82) is 0 Å². The number of aliphatic hydroxyl groups excluding tert-OH is 1. The Morgan fingerprint density at radius 1 is 1.53 bits per heavy atom. The second kappa shape index (κ2) is 9.23. The molecule has 19 heavy (non-hydrogen) atoms. The van der Waals surface area contributed by atoms with Crippen LogP contribution in [-0.4, -0.2) is 39.5 Å². The Hall–Kier alpha value is -0.720. The lowest BCUT2D eigenvalue weighted by Gasteiger charge is -2.09. The van der Waals surface area contributed by atoms with Crippen LogP contribution in [-0.2, 0) is 6.54 Å². The van der Waals surface area contributed by atoms with Gasteiger partial charge in [0.25, 0.3) is 5.56 Å². The number of nitrogens with zero attached hydrogens (tertiary/aromatic N) is 2. The quantitative estimate of drug-likeness (QED) is 0.681. The Bertz CT molecular complexity index is 439. The summed E-state index contributed by atoms with van der Waals surface area (Å²) in [6.07, 6.45) is 3.25. The third kappa shape index (κ3) is 5.42. The van der Waals surface area contributed by atoms with Gasteiger partial charge in [-0.25, -0.2) is 4.68 Å². The molecule has 1 aromatic rings. The Labute approximate surface area is 122 Å². The van der Waals surface area contributed by atoms with Crippen molar-refractivity contribution in [2.75, 3.05) is 30.0 Å². The summed E-state index contributed by atoms with van der Waals surface area (Å²) in [4.78, 5) is 11.8.